The third-order valence-electron chi connectivity index (χ3n) is 2.78. The van der Waals surface area contributed by atoms with Crippen molar-refractivity contribution in [1.29, 1.82) is 0 Å². The normalized spacial score (nSPS) is 12.9. The molecular weight excluding hydrogens is 308 g/mol. The fourth-order valence-electron chi connectivity index (χ4n) is 1.91. The van der Waals surface area contributed by atoms with E-state index in [9.17, 15) is 0 Å². The van der Waals surface area contributed by atoms with E-state index in [1.807, 2.05) is 18.2 Å². The molecule has 2 N–H and O–H groups in total. The van der Waals surface area contributed by atoms with E-state index in [0.717, 1.165) is 17.6 Å². The van der Waals surface area contributed by atoms with Crippen LogP contribution in [0.4, 0.5) is 0 Å². The number of rotatable bonds is 5. The molecule has 0 spiro atoms. The molecule has 1 aromatic carbocycles. The molecule has 1 unspecified atom stereocenters. The van der Waals surface area contributed by atoms with Gasteiger partial charge in [-0.3, -0.25) is 4.90 Å². The van der Waals surface area contributed by atoms with Gasteiger partial charge >= 0.3 is 0 Å². The van der Waals surface area contributed by atoms with Crippen LogP contribution >= 0.6 is 27.3 Å². The lowest BCUT2D eigenvalue weighted by Crippen LogP contribution is -2.28. The van der Waals surface area contributed by atoms with Crippen LogP contribution in [0.15, 0.2) is 46.3 Å². The first-order valence-corrected chi connectivity index (χ1v) is 7.54. The van der Waals surface area contributed by atoms with Gasteiger partial charge in [-0.1, -0.05) is 30.3 Å². The van der Waals surface area contributed by atoms with Crippen molar-refractivity contribution in [2.75, 3.05) is 13.6 Å². The Labute approximate surface area is 121 Å². The molecule has 2 nitrogen and oxygen atoms in total. The van der Waals surface area contributed by atoms with Crippen LogP contribution in [0.5, 0.6) is 0 Å². The van der Waals surface area contributed by atoms with Crippen molar-refractivity contribution < 1.29 is 0 Å². The Morgan fingerprint density at radius 2 is 2.06 bits per heavy atom. The van der Waals surface area contributed by atoms with Gasteiger partial charge in [-0.25, -0.2) is 0 Å². The van der Waals surface area contributed by atoms with Crippen molar-refractivity contribution in [3.05, 3.63) is 56.7 Å². The Hall–Kier alpha value is -0.680. The Morgan fingerprint density at radius 1 is 1.33 bits per heavy atom. The molecule has 0 aliphatic heterocycles. The Kier molecular flexibility index (Phi) is 4.95. The van der Waals surface area contributed by atoms with Crippen LogP contribution in [0.1, 0.15) is 16.5 Å². The summed E-state index contributed by atoms with van der Waals surface area (Å²) in [5.41, 5.74) is 7.40. The molecular formula is C14H17BrN2S. The third kappa shape index (κ3) is 3.92. The van der Waals surface area contributed by atoms with Gasteiger partial charge in [0.1, 0.15) is 0 Å². The van der Waals surface area contributed by atoms with Crippen LogP contribution in [0.3, 0.4) is 0 Å². The minimum atomic E-state index is 0.0691. The summed E-state index contributed by atoms with van der Waals surface area (Å²) in [4.78, 5) is 3.61. The van der Waals surface area contributed by atoms with Crippen molar-refractivity contribution >= 4 is 27.3 Å². The highest BCUT2D eigenvalue weighted by Crippen LogP contribution is 2.21. The number of likely N-dealkylation sites (N-methyl/N-ethyl adjacent to an activating group) is 1. The summed E-state index contributed by atoms with van der Waals surface area (Å²) >= 11 is 5.25. The molecule has 1 heterocycles. The molecule has 1 aromatic heterocycles. The van der Waals surface area contributed by atoms with Gasteiger partial charge in [0.05, 0.1) is 0 Å². The number of halogens is 1. The second-order valence-corrected chi connectivity index (χ2v) is 6.36. The van der Waals surface area contributed by atoms with Gasteiger partial charge in [-0.05, 0) is 34.6 Å². The molecule has 18 heavy (non-hydrogen) atoms. The van der Waals surface area contributed by atoms with Crippen molar-refractivity contribution in [2.24, 2.45) is 5.73 Å². The van der Waals surface area contributed by atoms with Gasteiger partial charge in [0.2, 0.25) is 0 Å². The predicted molar refractivity (Wildman–Crippen MR) is 81.7 cm³/mol. The highest BCUT2D eigenvalue weighted by atomic mass is 79.9. The number of thiophene rings is 1. The minimum Gasteiger partial charge on any atom is -0.323 e. The molecule has 0 aliphatic rings. The van der Waals surface area contributed by atoms with Gasteiger partial charge in [0, 0.05) is 33.9 Å². The second kappa shape index (κ2) is 6.48. The number of benzene rings is 1. The number of nitrogens with two attached hydrogens (primary N) is 1. The average Bonchev–Trinajstić information content (AvgIpc) is 2.75. The van der Waals surface area contributed by atoms with Crippen LogP contribution in [-0.4, -0.2) is 18.5 Å². The zero-order chi connectivity index (χ0) is 13.0. The molecule has 0 aliphatic carbocycles. The van der Waals surface area contributed by atoms with Gasteiger partial charge in [-0.2, -0.15) is 0 Å². The van der Waals surface area contributed by atoms with Gasteiger partial charge < -0.3 is 5.73 Å². The predicted octanol–water partition coefficient (Wildman–Crippen LogP) is 3.64. The maximum absolute atomic E-state index is 6.21. The fraction of sp³-hybridized carbons (Fsp3) is 0.286. The van der Waals surface area contributed by atoms with Crippen molar-refractivity contribution in [2.45, 2.75) is 12.6 Å². The first-order chi connectivity index (χ1) is 8.65. The highest BCUT2D eigenvalue weighted by Gasteiger charge is 2.10. The van der Waals surface area contributed by atoms with Gasteiger partial charge in [0.15, 0.2) is 0 Å². The monoisotopic (exact) mass is 324 g/mol. The van der Waals surface area contributed by atoms with E-state index in [0.29, 0.717) is 0 Å². The van der Waals surface area contributed by atoms with Crippen LogP contribution in [-0.2, 0) is 6.54 Å². The smallest absolute Gasteiger partial charge is 0.0424 e. The van der Waals surface area contributed by atoms with E-state index >= 15 is 0 Å². The summed E-state index contributed by atoms with van der Waals surface area (Å²) in [5.74, 6) is 0. The molecule has 96 valence electrons. The minimum absolute atomic E-state index is 0.0691. The molecule has 0 amide bonds. The summed E-state index contributed by atoms with van der Waals surface area (Å²) in [7, 11) is 2.11. The van der Waals surface area contributed by atoms with Gasteiger partial charge in [0.25, 0.3) is 0 Å². The SMILES string of the molecule is CN(Cc1cc(Br)cs1)CC(N)c1ccccc1. The molecule has 2 aromatic rings. The van der Waals surface area contributed by atoms with E-state index in [4.69, 9.17) is 5.73 Å². The topological polar surface area (TPSA) is 29.3 Å². The van der Waals surface area contributed by atoms with Crippen LogP contribution in [0.2, 0.25) is 0 Å². The van der Waals surface area contributed by atoms with Crippen LogP contribution in [0.25, 0.3) is 0 Å². The fourth-order valence-corrected chi connectivity index (χ4v) is 3.44. The summed E-state index contributed by atoms with van der Waals surface area (Å²) in [6.07, 6.45) is 0. The van der Waals surface area contributed by atoms with E-state index in [-0.39, 0.29) is 6.04 Å². The standard InChI is InChI=1S/C14H17BrN2S/c1-17(8-13-7-12(15)10-18-13)9-14(16)11-5-3-2-4-6-11/h2-7,10,14H,8-9,16H2,1H3. The molecule has 2 rings (SSSR count). The zero-order valence-corrected chi connectivity index (χ0v) is 12.7. The molecule has 0 saturated heterocycles. The summed E-state index contributed by atoms with van der Waals surface area (Å²) in [5, 5.41) is 2.11. The first kappa shape index (κ1) is 13.7. The Morgan fingerprint density at radius 3 is 2.67 bits per heavy atom. The average molecular weight is 325 g/mol. The lowest BCUT2D eigenvalue weighted by Gasteiger charge is -2.20. The molecule has 4 heteroatoms. The number of hydrogen-bond acceptors (Lipinski definition) is 3. The first-order valence-electron chi connectivity index (χ1n) is 5.87. The van der Waals surface area contributed by atoms with Crippen molar-refractivity contribution in [3.63, 3.8) is 0 Å². The van der Waals surface area contributed by atoms with E-state index in [1.165, 1.54) is 10.4 Å². The second-order valence-electron chi connectivity index (χ2n) is 4.45. The van der Waals surface area contributed by atoms with Gasteiger partial charge in [-0.15, -0.1) is 11.3 Å². The van der Waals surface area contributed by atoms with E-state index in [1.54, 1.807) is 11.3 Å². The third-order valence-corrected chi connectivity index (χ3v) is 4.47. The lowest BCUT2D eigenvalue weighted by atomic mass is 10.1. The highest BCUT2D eigenvalue weighted by molar-refractivity contribution is 9.10. The van der Waals surface area contributed by atoms with Crippen LogP contribution < -0.4 is 5.73 Å². The quantitative estimate of drug-likeness (QED) is 0.909. The van der Waals surface area contributed by atoms with Crippen molar-refractivity contribution in [1.82, 2.24) is 4.90 Å². The summed E-state index contributed by atoms with van der Waals surface area (Å²) in [6.45, 7) is 1.80. The maximum atomic E-state index is 6.21. The molecule has 0 fully saturated rings. The Balaban J connectivity index is 1.89. The van der Waals surface area contributed by atoms with E-state index in [2.05, 4.69) is 51.5 Å². The van der Waals surface area contributed by atoms with E-state index < -0.39 is 0 Å². The van der Waals surface area contributed by atoms with Crippen molar-refractivity contribution in [3.8, 4) is 0 Å². The number of nitrogens with zero attached hydrogens (tertiary/aromatic N) is 1. The lowest BCUT2D eigenvalue weighted by molar-refractivity contribution is 0.308. The van der Waals surface area contributed by atoms with Crippen LogP contribution in [0, 0.1) is 0 Å². The molecule has 0 saturated carbocycles. The number of hydrogen-bond donors (Lipinski definition) is 1. The Bertz CT molecular complexity index is 484. The summed E-state index contributed by atoms with van der Waals surface area (Å²) in [6, 6.07) is 12.5. The largest absolute Gasteiger partial charge is 0.323 e. The summed E-state index contributed by atoms with van der Waals surface area (Å²) < 4.78 is 1.16. The zero-order valence-electron chi connectivity index (χ0n) is 10.3. The molecule has 0 bridgehead atoms. The maximum Gasteiger partial charge on any atom is 0.0424 e. The molecule has 1 atom stereocenters. The molecule has 0 radical (unpaired) electrons.